The van der Waals surface area contributed by atoms with E-state index >= 15 is 0 Å². The third kappa shape index (κ3) is 4.77. The number of piperidine rings is 1. The number of likely N-dealkylation sites (tertiary alicyclic amines) is 1. The van der Waals surface area contributed by atoms with E-state index in [1.165, 1.54) is 4.90 Å². The molecule has 1 aromatic carbocycles. The summed E-state index contributed by atoms with van der Waals surface area (Å²) in [5.41, 5.74) is 0.586. The van der Waals surface area contributed by atoms with Gasteiger partial charge in [0.15, 0.2) is 0 Å². The molecule has 2 aromatic heterocycles. The number of urea groups is 1. The predicted molar refractivity (Wildman–Crippen MR) is 102 cm³/mol. The molecule has 156 valence electrons. The number of hydrogen-bond acceptors (Lipinski definition) is 6. The number of aromatic nitrogens is 3. The van der Waals surface area contributed by atoms with Gasteiger partial charge in [0.1, 0.15) is 18.2 Å². The average molecular weight is 415 g/mol. The number of anilines is 1. The summed E-state index contributed by atoms with van der Waals surface area (Å²) >= 11 is 0. The highest BCUT2D eigenvalue weighted by Gasteiger charge is 2.25. The van der Waals surface area contributed by atoms with Gasteiger partial charge in [-0.15, -0.1) is 0 Å². The highest BCUT2D eigenvalue weighted by molar-refractivity contribution is 5.89. The van der Waals surface area contributed by atoms with E-state index < -0.39 is 17.7 Å². The zero-order valence-corrected chi connectivity index (χ0v) is 15.9. The Balaban J connectivity index is 1.31. The lowest BCUT2D eigenvalue weighted by atomic mass is 10.1. The minimum atomic E-state index is -0.698. The smallest absolute Gasteiger partial charge is 0.322 e. The van der Waals surface area contributed by atoms with Crippen molar-refractivity contribution in [2.24, 2.45) is 0 Å². The quantitative estimate of drug-likeness (QED) is 0.684. The van der Waals surface area contributed by atoms with Gasteiger partial charge >= 0.3 is 6.03 Å². The number of halogens is 2. The highest BCUT2D eigenvalue weighted by atomic mass is 19.1. The number of amides is 2. The van der Waals surface area contributed by atoms with Crippen molar-refractivity contribution < 1.29 is 22.8 Å². The second kappa shape index (κ2) is 8.95. The summed E-state index contributed by atoms with van der Waals surface area (Å²) in [7, 11) is 0. The number of nitrogens with one attached hydrogen (secondary N) is 1. The fourth-order valence-corrected chi connectivity index (χ4v) is 3.17. The van der Waals surface area contributed by atoms with E-state index in [9.17, 15) is 13.6 Å². The van der Waals surface area contributed by atoms with Crippen molar-refractivity contribution in [2.45, 2.75) is 25.6 Å². The lowest BCUT2D eigenvalue weighted by molar-refractivity contribution is -0.00916. The fourth-order valence-electron chi connectivity index (χ4n) is 3.17. The number of rotatable bonds is 5. The van der Waals surface area contributed by atoms with Crippen LogP contribution in [0.1, 0.15) is 18.7 Å². The Labute approximate surface area is 170 Å². The Morgan fingerprint density at radius 2 is 2.10 bits per heavy atom. The highest BCUT2D eigenvalue weighted by Crippen LogP contribution is 2.20. The lowest BCUT2D eigenvalue weighted by Crippen LogP contribution is -2.45. The maximum atomic E-state index is 13.8. The monoisotopic (exact) mass is 415 g/mol. The molecule has 1 unspecified atom stereocenters. The molecule has 1 N–H and O–H groups in total. The first-order chi connectivity index (χ1) is 14.6. The maximum Gasteiger partial charge on any atom is 0.322 e. The first-order valence-electron chi connectivity index (χ1n) is 9.44. The molecule has 3 heterocycles. The molecule has 0 aliphatic carbocycles. The molecule has 1 fully saturated rings. The number of hydrogen-bond donors (Lipinski definition) is 1. The van der Waals surface area contributed by atoms with E-state index in [1.807, 2.05) is 0 Å². The molecule has 1 aliphatic rings. The standard InChI is InChI=1S/C20H19F2N5O3/c21-14-3-4-16(22)17(10-14)24-20(28)27-9-1-2-15(11-27)29-12-18-25-19(26-30-18)13-5-7-23-8-6-13/h3-8,10,15H,1-2,9,11-12H2,(H,24,28). The molecule has 0 spiro atoms. The third-order valence-corrected chi connectivity index (χ3v) is 4.68. The van der Waals surface area contributed by atoms with Gasteiger partial charge in [0.25, 0.3) is 5.89 Å². The van der Waals surface area contributed by atoms with Crippen LogP contribution in [0.3, 0.4) is 0 Å². The van der Waals surface area contributed by atoms with Crippen LogP contribution in [-0.4, -0.2) is 45.2 Å². The number of nitrogens with zero attached hydrogens (tertiary/aromatic N) is 4. The van der Waals surface area contributed by atoms with Crippen LogP contribution in [0.25, 0.3) is 11.4 Å². The van der Waals surface area contributed by atoms with Gasteiger partial charge in [-0.1, -0.05) is 5.16 Å². The summed E-state index contributed by atoms with van der Waals surface area (Å²) in [5.74, 6) is -0.559. The predicted octanol–water partition coefficient (Wildman–Crippen LogP) is 3.62. The zero-order chi connectivity index (χ0) is 20.9. The molecule has 0 bridgehead atoms. The van der Waals surface area contributed by atoms with Crippen molar-refractivity contribution in [1.29, 1.82) is 0 Å². The molecule has 1 atom stereocenters. The molecular formula is C20H19F2N5O3. The summed E-state index contributed by atoms with van der Waals surface area (Å²) in [6.45, 7) is 0.917. The molecule has 8 nitrogen and oxygen atoms in total. The van der Waals surface area contributed by atoms with Gasteiger partial charge in [-0.25, -0.2) is 13.6 Å². The topological polar surface area (TPSA) is 93.4 Å². The second-order valence-electron chi connectivity index (χ2n) is 6.82. The zero-order valence-electron chi connectivity index (χ0n) is 15.9. The third-order valence-electron chi connectivity index (χ3n) is 4.68. The molecule has 1 saturated heterocycles. The van der Waals surface area contributed by atoms with Crippen LogP contribution in [-0.2, 0) is 11.3 Å². The van der Waals surface area contributed by atoms with Gasteiger partial charge in [0, 0.05) is 37.1 Å². The number of benzene rings is 1. The van der Waals surface area contributed by atoms with Crippen LogP contribution in [0.4, 0.5) is 19.3 Å². The van der Waals surface area contributed by atoms with Crippen LogP contribution in [0.5, 0.6) is 0 Å². The normalized spacial score (nSPS) is 16.5. The molecule has 4 rings (SSSR count). The number of pyridine rings is 1. The SMILES string of the molecule is O=C(Nc1cc(F)ccc1F)N1CCCC(OCc2nc(-c3ccncc3)no2)C1. The van der Waals surface area contributed by atoms with Gasteiger partial charge in [0.05, 0.1) is 11.8 Å². The van der Waals surface area contributed by atoms with Crippen LogP contribution in [0, 0.1) is 11.6 Å². The number of ether oxygens (including phenoxy) is 1. The Hall–Kier alpha value is -3.40. The van der Waals surface area contributed by atoms with Gasteiger partial charge < -0.3 is 19.5 Å². The Kier molecular flexibility index (Phi) is 5.94. The van der Waals surface area contributed by atoms with Crippen molar-refractivity contribution in [2.75, 3.05) is 18.4 Å². The minimum Gasteiger partial charge on any atom is -0.367 e. The van der Waals surface area contributed by atoms with Gasteiger partial charge in [-0.05, 0) is 37.1 Å². The van der Waals surface area contributed by atoms with Crippen LogP contribution >= 0.6 is 0 Å². The maximum absolute atomic E-state index is 13.8. The van der Waals surface area contributed by atoms with Gasteiger partial charge in [-0.2, -0.15) is 4.98 Å². The van der Waals surface area contributed by atoms with Crippen molar-refractivity contribution >= 4 is 11.7 Å². The van der Waals surface area contributed by atoms with Gasteiger partial charge in [-0.3, -0.25) is 4.98 Å². The van der Waals surface area contributed by atoms with Crippen LogP contribution < -0.4 is 5.32 Å². The van der Waals surface area contributed by atoms with Crippen molar-refractivity contribution in [3.63, 3.8) is 0 Å². The molecule has 0 saturated carbocycles. The van der Waals surface area contributed by atoms with E-state index in [0.29, 0.717) is 24.8 Å². The Morgan fingerprint density at radius 1 is 1.27 bits per heavy atom. The largest absolute Gasteiger partial charge is 0.367 e. The average Bonchev–Trinajstić information content (AvgIpc) is 3.25. The van der Waals surface area contributed by atoms with Crippen molar-refractivity contribution in [3.05, 3.63) is 60.3 Å². The number of carbonyl (C=O) groups is 1. The first kappa shape index (κ1) is 19.9. The number of carbonyl (C=O) groups excluding carboxylic acids is 1. The van der Waals surface area contributed by atoms with Crippen molar-refractivity contribution in [3.8, 4) is 11.4 Å². The second-order valence-corrected chi connectivity index (χ2v) is 6.82. The van der Waals surface area contributed by atoms with Crippen molar-refractivity contribution in [1.82, 2.24) is 20.0 Å². The van der Waals surface area contributed by atoms with E-state index in [4.69, 9.17) is 9.26 Å². The van der Waals surface area contributed by atoms with Gasteiger partial charge in [0.2, 0.25) is 5.82 Å². The minimum absolute atomic E-state index is 0.108. The van der Waals surface area contributed by atoms with Crippen LogP contribution in [0.15, 0.2) is 47.2 Å². The summed E-state index contributed by atoms with van der Waals surface area (Å²) in [6.07, 6.45) is 4.51. The molecular weight excluding hydrogens is 396 g/mol. The molecule has 10 heteroatoms. The molecule has 2 amide bonds. The first-order valence-corrected chi connectivity index (χ1v) is 9.44. The van der Waals surface area contributed by atoms with E-state index in [-0.39, 0.29) is 18.4 Å². The van der Waals surface area contributed by atoms with Crippen LogP contribution in [0.2, 0.25) is 0 Å². The molecule has 3 aromatic rings. The molecule has 0 radical (unpaired) electrons. The Bertz CT molecular complexity index is 1010. The molecule has 30 heavy (non-hydrogen) atoms. The lowest BCUT2D eigenvalue weighted by Gasteiger charge is -2.32. The Morgan fingerprint density at radius 3 is 2.93 bits per heavy atom. The summed E-state index contributed by atoms with van der Waals surface area (Å²) in [6, 6.07) is 5.94. The molecule has 1 aliphatic heterocycles. The van der Waals surface area contributed by atoms with E-state index in [1.54, 1.807) is 24.5 Å². The summed E-state index contributed by atoms with van der Waals surface area (Å²) in [4.78, 5) is 22.2. The summed E-state index contributed by atoms with van der Waals surface area (Å²) in [5, 5.41) is 6.33. The van der Waals surface area contributed by atoms with E-state index in [0.717, 1.165) is 36.6 Å². The fraction of sp³-hybridized carbons (Fsp3) is 0.300. The van der Waals surface area contributed by atoms with E-state index in [2.05, 4.69) is 20.4 Å². The summed E-state index contributed by atoms with van der Waals surface area (Å²) < 4.78 is 38.1.